The van der Waals surface area contributed by atoms with Crippen LogP contribution < -0.4 is 5.32 Å². The lowest BCUT2D eigenvalue weighted by molar-refractivity contribution is 0.0248. The second-order valence-electron chi connectivity index (χ2n) is 6.08. The van der Waals surface area contributed by atoms with E-state index in [1.807, 2.05) is 0 Å². The standard InChI is InChI=1S/C15H31NO/c1-5-7-8-12-17-13-9-10-15(3,4)14(13)16-11-6-2/h13-14,16H,5-12H2,1-4H3. The molecule has 2 unspecified atom stereocenters. The molecule has 17 heavy (non-hydrogen) atoms. The Balaban J connectivity index is 2.36. The Kier molecular flexibility index (Phi) is 6.50. The summed E-state index contributed by atoms with van der Waals surface area (Å²) in [6.07, 6.45) is 7.93. The smallest absolute Gasteiger partial charge is 0.0733 e. The molecule has 0 aromatic rings. The molecule has 0 radical (unpaired) electrons. The molecular weight excluding hydrogens is 210 g/mol. The first-order valence-corrected chi connectivity index (χ1v) is 7.46. The van der Waals surface area contributed by atoms with Gasteiger partial charge in [0.25, 0.3) is 0 Å². The highest BCUT2D eigenvalue weighted by Crippen LogP contribution is 2.39. The highest BCUT2D eigenvalue weighted by Gasteiger charge is 2.41. The van der Waals surface area contributed by atoms with Gasteiger partial charge < -0.3 is 10.1 Å². The van der Waals surface area contributed by atoms with Gasteiger partial charge in [-0.25, -0.2) is 0 Å². The van der Waals surface area contributed by atoms with Crippen LogP contribution in [0, 0.1) is 5.41 Å². The van der Waals surface area contributed by atoms with Crippen molar-refractivity contribution in [2.75, 3.05) is 13.2 Å². The van der Waals surface area contributed by atoms with E-state index in [0.717, 1.165) is 13.2 Å². The van der Waals surface area contributed by atoms with Gasteiger partial charge in [0, 0.05) is 12.6 Å². The van der Waals surface area contributed by atoms with Gasteiger partial charge in [0.1, 0.15) is 0 Å². The maximum absolute atomic E-state index is 6.09. The minimum atomic E-state index is 0.393. The molecule has 0 aliphatic heterocycles. The molecule has 1 N–H and O–H groups in total. The molecule has 0 saturated heterocycles. The monoisotopic (exact) mass is 241 g/mol. The zero-order chi connectivity index (χ0) is 12.7. The quantitative estimate of drug-likeness (QED) is 0.653. The zero-order valence-corrected chi connectivity index (χ0v) is 12.2. The SMILES string of the molecule is CCCCCOC1CCC(C)(C)C1NCCC. The molecule has 1 fully saturated rings. The third-order valence-corrected chi connectivity index (χ3v) is 3.98. The predicted octanol–water partition coefficient (Wildman–Crippen LogP) is 3.75. The average Bonchev–Trinajstić information content (AvgIpc) is 2.57. The van der Waals surface area contributed by atoms with Crippen LogP contribution in [0.25, 0.3) is 0 Å². The van der Waals surface area contributed by atoms with Gasteiger partial charge in [0.05, 0.1) is 6.10 Å². The third-order valence-electron chi connectivity index (χ3n) is 3.98. The van der Waals surface area contributed by atoms with Crippen molar-refractivity contribution < 1.29 is 4.74 Å². The van der Waals surface area contributed by atoms with Crippen molar-refractivity contribution >= 4 is 0 Å². The molecule has 2 nitrogen and oxygen atoms in total. The molecule has 0 aromatic carbocycles. The van der Waals surface area contributed by atoms with Crippen LogP contribution in [0.5, 0.6) is 0 Å². The van der Waals surface area contributed by atoms with E-state index in [1.165, 1.54) is 38.5 Å². The molecule has 1 saturated carbocycles. The van der Waals surface area contributed by atoms with E-state index < -0.39 is 0 Å². The van der Waals surface area contributed by atoms with E-state index in [9.17, 15) is 0 Å². The molecule has 0 bridgehead atoms. The molecule has 1 rings (SSSR count). The number of nitrogens with one attached hydrogen (secondary N) is 1. The number of hydrogen-bond donors (Lipinski definition) is 1. The van der Waals surface area contributed by atoms with Crippen molar-refractivity contribution in [1.29, 1.82) is 0 Å². The third kappa shape index (κ3) is 4.59. The lowest BCUT2D eigenvalue weighted by Crippen LogP contribution is -2.45. The fourth-order valence-electron chi connectivity index (χ4n) is 2.81. The van der Waals surface area contributed by atoms with Crippen molar-refractivity contribution in [2.45, 2.75) is 78.4 Å². The van der Waals surface area contributed by atoms with Crippen LogP contribution in [0.1, 0.15) is 66.2 Å². The summed E-state index contributed by atoms with van der Waals surface area (Å²) in [7, 11) is 0. The first-order chi connectivity index (χ1) is 8.11. The largest absolute Gasteiger partial charge is 0.377 e. The maximum Gasteiger partial charge on any atom is 0.0733 e. The highest BCUT2D eigenvalue weighted by atomic mass is 16.5. The molecule has 2 heteroatoms. The van der Waals surface area contributed by atoms with E-state index in [1.54, 1.807) is 0 Å². The number of unbranched alkanes of at least 4 members (excludes halogenated alkanes) is 2. The van der Waals surface area contributed by atoms with Gasteiger partial charge in [-0.15, -0.1) is 0 Å². The van der Waals surface area contributed by atoms with Crippen molar-refractivity contribution in [3.8, 4) is 0 Å². The van der Waals surface area contributed by atoms with Crippen LogP contribution in [0.15, 0.2) is 0 Å². The molecule has 0 aromatic heterocycles. The van der Waals surface area contributed by atoms with Crippen LogP contribution in [-0.2, 0) is 4.74 Å². The van der Waals surface area contributed by atoms with Crippen LogP contribution in [0.4, 0.5) is 0 Å². The van der Waals surface area contributed by atoms with Gasteiger partial charge in [0.15, 0.2) is 0 Å². The molecule has 0 heterocycles. The van der Waals surface area contributed by atoms with Crippen molar-refractivity contribution in [3.63, 3.8) is 0 Å². The second-order valence-corrected chi connectivity index (χ2v) is 6.08. The number of rotatable bonds is 8. The van der Waals surface area contributed by atoms with Gasteiger partial charge in [-0.1, -0.05) is 40.5 Å². The van der Waals surface area contributed by atoms with Crippen LogP contribution in [-0.4, -0.2) is 25.3 Å². The first-order valence-electron chi connectivity index (χ1n) is 7.46. The summed E-state index contributed by atoms with van der Waals surface area (Å²) in [5, 5.41) is 3.69. The molecule has 102 valence electrons. The van der Waals surface area contributed by atoms with Gasteiger partial charge in [0.2, 0.25) is 0 Å². The minimum Gasteiger partial charge on any atom is -0.377 e. The Hall–Kier alpha value is -0.0800. The minimum absolute atomic E-state index is 0.393. The van der Waals surface area contributed by atoms with Crippen molar-refractivity contribution in [3.05, 3.63) is 0 Å². The number of ether oxygens (including phenoxy) is 1. The fraction of sp³-hybridized carbons (Fsp3) is 1.00. The fourth-order valence-corrected chi connectivity index (χ4v) is 2.81. The van der Waals surface area contributed by atoms with Gasteiger partial charge in [-0.05, 0) is 37.6 Å². The number of hydrogen-bond acceptors (Lipinski definition) is 2. The summed E-state index contributed by atoms with van der Waals surface area (Å²) in [5.74, 6) is 0. The topological polar surface area (TPSA) is 21.3 Å². The first kappa shape index (κ1) is 15.0. The lowest BCUT2D eigenvalue weighted by Gasteiger charge is -2.31. The molecule has 1 aliphatic carbocycles. The Morgan fingerprint density at radius 2 is 1.94 bits per heavy atom. The van der Waals surface area contributed by atoms with Crippen molar-refractivity contribution in [1.82, 2.24) is 5.32 Å². The van der Waals surface area contributed by atoms with Crippen LogP contribution >= 0.6 is 0 Å². The average molecular weight is 241 g/mol. The normalized spacial score (nSPS) is 27.5. The highest BCUT2D eigenvalue weighted by molar-refractivity contribution is 4.97. The van der Waals surface area contributed by atoms with E-state index >= 15 is 0 Å². The van der Waals surface area contributed by atoms with E-state index in [-0.39, 0.29) is 0 Å². The zero-order valence-electron chi connectivity index (χ0n) is 12.2. The predicted molar refractivity (Wildman–Crippen MR) is 74.4 cm³/mol. The van der Waals surface area contributed by atoms with Gasteiger partial charge >= 0.3 is 0 Å². The van der Waals surface area contributed by atoms with Crippen LogP contribution in [0.2, 0.25) is 0 Å². The lowest BCUT2D eigenvalue weighted by atomic mass is 9.87. The van der Waals surface area contributed by atoms with Crippen molar-refractivity contribution in [2.24, 2.45) is 5.41 Å². The summed E-state index contributed by atoms with van der Waals surface area (Å²) in [6.45, 7) is 11.3. The summed E-state index contributed by atoms with van der Waals surface area (Å²) < 4.78 is 6.09. The molecule has 0 spiro atoms. The molecule has 1 aliphatic rings. The van der Waals surface area contributed by atoms with E-state index in [2.05, 4.69) is 33.0 Å². The summed E-state index contributed by atoms with van der Waals surface area (Å²) in [6, 6.07) is 0.545. The van der Waals surface area contributed by atoms with Crippen LogP contribution in [0.3, 0.4) is 0 Å². The molecule has 0 amide bonds. The Morgan fingerprint density at radius 3 is 2.59 bits per heavy atom. The Labute approximate surface area is 108 Å². The van der Waals surface area contributed by atoms with E-state index in [4.69, 9.17) is 4.74 Å². The Bertz CT molecular complexity index is 203. The maximum atomic E-state index is 6.09. The molecular formula is C15H31NO. The van der Waals surface area contributed by atoms with E-state index in [0.29, 0.717) is 17.6 Å². The summed E-state index contributed by atoms with van der Waals surface area (Å²) >= 11 is 0. The summed E-state index contributed by atoms with van der Waals surface area (Å²) in [5.41, 5.74) is 0.393. The van der Waals surface area contributed by atoms with Gasteiger partial charge in [-0.3, -0.25) is 0 Å². The Morgan fingerprint density at radius 1 is 1.18 bits per heavy atom. The van der Waals surface area contributed by atoms with Gasteiger partial charge in [-0.2, -0.15) is 0 Å². The second kappa shape index (κ2) is 7.38. The molecule has 2 atom stereocenters. The summed E-state index contributed by atoms with van der Waals surface area (Å²) in [4.78, 5) is 0.